The van der Waals surface area contributed by atoms with Gasteiger partial charge in [0, 0.05) is 44.4 Å². The molecule has 2 heteroatoms. The molecular formula is C66H52N2. The van der Waals surface area contributed by atoms with Gasteiger partial charge in [0.2, 0.25) is 0 Å². The minimum absolute atomic E-state index is 0.240. The van der Waals surface area contributed by atoms with Crippen LogP contribution >= 0.6 is 0 Å². The Bertz CT molecular complexity index is 3640. The van der Waals surface area contributed by atoms with Crippen molar-refractivity contribution in [3.63, 3.8) is 0 Å². The molecule has 326 valence electrons. The molecule has 0 saturated carbocycles. The van der Waals surface area contributed by atoms with Gasteiger partial charge < -0.3 is 9.80 Å². The smallest absolute Gasteiger partial charge is 0.0540 e. The minimum atomic E-state index is -0.240. The van der Waals surface area contributed by atoms with E-state index in [0.717, 1.165) is 11.4 Å². The van der Waals surface area contributed by atoms with E-state index in [-0.39, 0.29) is 10.8 Å². The van der Waals surface area contributed by atoms with Crippen molar-refractivity contribution in [3.8, 4) is 22.3 Å². The van der Waals surface area contributed by atoms with E-state index < -0.39 is 0 Å². The lowest BCUT2D eigenvalue weighted by molar-refractivity contribution is 0.652. The van der Waals surface area contributed by atoms with Gasteiger partial charge in [0.05, 0.1) is 11.4 Å². The summed E-state index contributed by atoms with van der Waals surface area (Å²) in [6.07, 6.45) is 0. The molecule has 0 aromatic heterocycles. The summed E-state index contributed by atoms with van der Waals surface area (Å²) < 4.78 is 0. The molecule has 0 fully saturated rings. The normalized spacial score (nSPS) is 14.0. The van der Waals surface area contributed by atoms with Crippen molar-refractivity contribution >= 4 is 77.2 Å². The van der Waals surface area contributed by atoms with Crippen LogP contribution in [-0.4, -0.2) is 0 Å². The zero-order valence-corrected chi connectivity index (χ0v) is 39.5. The van der Waals surface area contributed by atoms with E-state index in [1.54, 1.807) is 0 Å². The SMILES string of the molecule is Cc1cc(N(c2ccc3ccccc3c2)c2cccc3ccccc23)cc2c1-c1cc3c(cc1C2(C)C)-c1c(C)cc(N(c2ccc4ccccc4c2)c2cccc4ccccc24)cc1C3(C)C. The second kappa shape index (κ2) is 14.8. The van der Waals surface area contributed by atoms with Crippen LogP contribution < -0.4 is 9.80 Å². The van der Waals surface area contributed by atoms with Crippen molar-refractivity contribution in [2.75, 3.05) is 9.80 Å². The third-order valence-electron chi connectivity index (χ3n) is 15.5. The van der Waals surface area contributed by atoms with E-state index in [4.69, 9.17) is 0 Å². The fourth-order valence-electron chi connectivity index (χ4n) is 12.1. The first-order chi connectivity index (χ1) is 33.0. The molecule has 0 unspecified atom stereocenters. The lowest BCUT2D eigenvalue weighted by Gasteiger charge is -2.30. The van der Waals surface area contributed by atoms with Crippen LogP contribution in [0.5, 0.6) is 0 Å². The van der Waals surface area contributed by atoms with Crippen LogP contribution in [0, 0.1) is 13.8 Å². The van der Waals surface area contributed by atoms with E-state index in [1.165, 1.54) is 121 Å². The molecule has 0 atom stereocenters. The average molecular weight is 873 g/mol. The van der Waals surface area contributed by atoms with Gasteiger partial charge in [-0.05, 0) is 175 Å². The Kier molecular flexibility index (Phi) is 8.77. The van der Waals surface area contributed by atoms with Crippen LogP contribution in [0.4, 0.5) is 34.1 Å². The summed E-state index contributed by atoms with van der Waals surface area (Å²) in [6.45, 7) is 14.4. The zero-order valence-electron chi connectivity index (χ0n) is 39.5. The molecule has 2 aliphatic carbocycles. The molecule has 13 rings (SSSR count). The second-order valence-electron chi connectivity index (χ2n) is 20.3. The van der Waals surface area contributed by atoms with Gasteiger partial charge >= 0.3 is 0 Å². The molecule has 0 heterocycles. The van der Waals surface area contributed by atoms with Crippen LogP contribution in [0.25, 0.3) is 65.3 Å². The summed E-state index contributed by atoms with van der Waals surface area (Å²) in [4.78, 5) is 4.97. The molecule has 0 spiro atoms. The Labute approximate surface area is 399 Å². The number of hydrogen-bond acceptors (Lipinski definition) is 2. The van der Waals surface area contributed by atoms with Gasteiger partial charge in [-0.1, -0.05) is 161 Å². The number of anilines is 6. The Morgan fingerprint density at radius 3 is 1.09 bits per heavy atom. The quantitative estimate of drug-likeness (QED) is 0.164. The lowest BCUT2D eigenvalue weighted by Crippen LogP contribution is -2.18. The lowest BCUT2D eigenvalue weighted by atomic mass is 9.79. The predicted molar refractivity (Wildman–Crippen MR) is 290 cm³/mol. The maximum atomic E-state index is 2.57. The molecule has 0 saturated heterocycles. The molecule has 68 heavy (non-hydrogen) atoms. The first-order valence-corrected chi connectivity index (χ1v) is 24.1. The van der Waals surface area contributed by atoms with Crippen LogP contribution in [0.2, 0.25) is 0 Å². The molecule has 0 radical (unpaired) electrons. The maximum absolute atomic E-state index is 2.57. The van der Waals surface area contributed by atoms with Crippen LogP contribution in [0.3, 0.4) is 0 Å². The third-order valence-corrected chi connectivity index (χ3v) is 15.5. The molecule has 0 amide bonds. The van der Waals surface area contributed by atoms with Crippen molar-refractivity contribution in [1.29, 1.82) is 0 Å². The van der Waals surface area contributed by atoms with E-state index in [2.05, 4.69) is 258 Å². The Balaban J connectivity index is 0.962. The Morgan fingerprint density at radius 2 is 0.662 bits per heavy atom. The molecule has 2 nitrogen and oxygen atoms in total. The summed E-state index contributed by atoms with van der Waals surface area (Å²) in [5.74, 6) is 0. The number of aryl methyl sites for hydroxylation is 2. The van der Waals surface area contributed by atoms with Crippen LogP contribution in [0.1, 0.15) is 61.1 Å². The highest BCUT2D eigenvalue weighted by Gasteiger charge is 2.43. The molecule has 0 N–H and O–H groups in total. The highest BCUT2D eigenvalue weighted by Crippen LogP contribution is 2.59. The van der Waals surface area contributed by atoms with Crippen molar-refractivity contribution in [1.82, 2.24) is 0 Å². The van der Waals surface area contributed by atoms with Crippen molar-refractivity contribution < 1.29 is 0 Å². The summed E-state index contributed by atoms with van der Waals surface area (Å²) in [5, 5.41) is 9.88. The van der Waals surface area contributed by atoms with Gasteiger partial charge in [0.15, 0.2) is 0 Å². The molecule has 0 aliphatic heterocycles. The minimum Gasteiger partial charge on any atom is -0.310 e. The average Bonchev–Trinajstić information content (AvgIpc) is 3.72. The summed E-state index contributed by atoms with van der Waals surface area (Å²) >= 11 is 0. The molecule has 0 bridgehead atoms. The number of fused-ring (bicyclic) bond motifs is 10. The molecular weight excluding hydrogens is 821 g/mol. The fraction of sp³-hybridized carbons (Fsp3) is 0.121. The van der Waals surface area contributed by atoms with Gasteiger partial charge in [-0.15, -0.1) is 0 Å². The van der Waals surface area contributed by atoms with Crippen molar-refractivity contribution in [2.45, 2.75) is 52.4 Å². The number of hydrogen-bond donors (Lipinski definition) is 0. The highest BCUT2D eigenvalue weighted by molar-refractivity contribution is 6.03. The second-order valence-corrected chi connectivity index (χ2v) is 20.3. The number of rotatable bonds is 6. The summed E-state index contributed by atoms with van der Waals surface area (Å²) in [5.41, 5.74) is 20.1. The van der Waals surface area contributed by atoms with Crippen molar-refractivity contribution in [3.05, 3.63) is 240 Å². The first-order valence-electron chi connectivity index (χ1n) is 24.1. The van der Waals surface area contributed by atoms with E-state index in [0.29, 0.717) is 0 Å². The monoisotopic (exact) mass is 872 g/mol. The predicted octanol–water partition coefficient (Wildman–Crippen LogP) is 18.5. The van der Waals surface area contributed by atoms with Crippen molar-refractivity contribution in [2.24, 2.45) is 0 Å². The number of benzene rings is 11. The van der Waals surface area contributed by atoms with E-state index in [1.807, 2.05) is 0 Å². The maximum Gasteiger partial charge on any atom is 0.0540 e. The Morgan fingerprint density at radius 1 is 0.294 bits per heavy atom. The largest absolute Gasteiger partial charge is 0.310 e. The molecule has 2 aliphatic rings. The molecule has 11 aromatic carbocycles. The highest BCUT2D eigenvalue weighted by atomic mass is 15.1. The van der Waals surface area contributed by atoms with E-state index in [9.17, 15) is 0 Å². The van der Waals surface area contributed by atoms with Gasteiger partial charge in [-0.2, -0.15) is 0 Å². The standard InChI is InChI=1S/C66H52N2/c1-41-33-51(67(49-31-29-43-17-7-9-21-47(43)35-49)61-27-15-23-45-19-11-13-25-53(45)61)37-59-63(41)55-39-58-56(40-57(55)65(59,3)4)64-42(2)34-52(38-60(64)66(58,5)6)68(50-32-30-44-18-8-10-22-48(44)36-50)62-28-16-24-46-20-12-14-26-54(46)62/h7-40H,1-6H3. The number of nitrogens with zero attached hydrogens (tertiary/aromatic N) is 2. The van der Waals surface area contributed by atoms with Crippen LogP contribution in [-0.2, 0) is 10.8 Å². The fourth-order valence-corrected chi connectivity index (χ4v) is 12.1. The third kappa shape index (κ3) is 5.96. The van der Waals surface area contributed by atoms with E-state index >= 15 is 0 Å². The molecule has 11 aromatic rings. The summed E-state index contributed by atoms with van der Waals surface area (Å²) in [6, 6.07) is 77.1. The van der Waals surface area contributed by atoms with Gasteiger partial charge in [0.1, 0.15) is 0 Å². The van der Waals surface area contributed by atoms with Gasteiger partial charge in [0.25, 0.3) is 0 Å². The zero-order chi connectivity index (χ0) is 46.1. The van der Waals surface area contributed by atoms with Crippen LogP contribution in [0.15, 0.2) is 206 Å². The first kappa shape index (κ1) is 40.3. The van der Waals surface area contributed by atoms with Gasteiger partial charge in [-0.25, -0.2) is 0 Å². The topological polar surface area (TPSA) is 6.48 Å². The van der Waals surface area contributed by atoms with Gasteiger partial charge in [-0.3, -0.25) is 0 Å². The Hall–Kier alpha value is -7.94. The summed E-state index contributed by atoms with van der Waals surface area (Å²) in [7, 11) is 0.